The number of carbonyl (C=O) groups is 2. The molecule has 1 saturated heterocycles. The van der Waals surface area contributed by atoms with E-state index in [-0.39, 0.29) is 32.0 Å². The number of aliphatic hydroxyl groups excluding tert-OH is 4. The first-order valence-corrected chi connectivity index (χ1v) is 22.3. The van der Waals surface area contributed by atoms with Crippen molar-refractivity contribution in [2.24, 2.45) is 0 Å². The zero-order chi connectivity index (χ0) is 39.5. The van der Waals surface area contributed by atoms with Gasteiger partial charge in [0.15, 0.2) is 12.4 Å². The van der Waals surface area contributed by atoms with E-state index in [0.717, 1.165) is 57.8 Å². The van der Waals surface area contributed by atoms with E-state index in [1.165, 1.54) is 109 Å². The zero-order valence-corrected chi connectivity index (χ0v) is 34.5. The molecule has 318 valence electrons. The summed E-state index contributed by atoms with van der Waals surface area (Å²) in [7, 11) is 0. The second-order valence-electron chi connectivity index (χ2n) is 15.5. The second kappa shape index (κ2) is 35.8. The highest BCUT2D eigenvalue weighted by Gasteiger charge is 2.44. The summed E-state index contributed by atoms with van der Waals surface area (Å²) < 4.78 is 22.1. The molecule has 0 radical (unpaired) electrons. The number of rotatable bonds is 37. The number of hydrogen-bond acceptors (Lipinski definition) is 10. The van der Waals surface area contributed by atoms with Crippen LogP contribution in [0.4, 0.5) is 0 Å². The molecule has 2 unspecified atom stereocenters. The van der Waals surface area contributed by atoms with Gasteiger partial charge in [-0.2, -0.15) is 0 Å². The lowest BCUT2D eigenvalue weighted by atomic mass is 9.99. The Balaban J connectivity index is 2.31. The fourth-order valence-electron chi connectivity index (χ4n) is 6.83. The van der Waals surface area contributed by atoms with E-state index >= 15 is 0 Å². The summed E-state index contributed by atoms with van der Waals surface area (Å²) in [6.07, 6.45) is 29.3. The molecule has 1 rings (SSSR count). The highest BCUT2D eigenvalue weighted by atomic mass is 16.7. The average molecular weight is 771 g/mol. The van der Waals surface area contributed by atoms with Gasteiger partial charge in [-0.15, -0.1) is 0 Å². The van der Waals surface area contributed by atoms with Crippen molar-refractivity contribution in [2.45, 2.75) is 237 Å². The van der Waals surface area contributed by atoms with Crippen molar-refractivity contribution in [3.8, 4) is 0 Å². The number of hydrogen-bond donors (Lipinski definition) is 4. The maximum absolute atomic E-state index is 12.7. The minimum atomic E-state index is -1.59. The van der Waals surface area contributed by atoms with Crippen molar-refractivity contribution < 1.29 is 49.0 Å². The third-order valence-electron chi connectivity index (χ3n) is 10.4. The Morgan fingerprint density at radius 1 is 0.556 bits per heavy atom. The van der Waals surface area contributed by atoms with E-state index < -0.39 is 49.4 Å². The molecule has 1 aliphatic heterocycles. The maximum Gasteiger partial charge on any atom is 0.306 e. The molecule has 0 aromatic heterocycles. The summed E-state index contributed by atoms with van der Waals surface area (Å²) in [5.74, 6) is -0.808. The SMILES string of the molecule is CCCCC/C=C/CCCCCCCC(=O)O[C@@H](COC(=O)CCCCCCCCCCCCCCCCCCC)CO[C@H]1O[C@@H](CO)[C@@H](O)C(O)C1O. The van der Waals surface area contributed by atoms with Gasteiger partial charge < -0.3 is 39.4 Å². The van der Waals surface area contributed by atoms with E-state index in [1.54, 1.807) is 0 Å². The summed E-state index contributed by atoms with van der Waals surface area (Å²) >= 11 is 0. The van der Waals surface area contributed by atoms with Crippen LogP contribution < -0.4 is 0 Å². The van der Waals surface area contributed by atoms with Crippen LogP contribution in [0.3, 0.4) is 0 Å². The van der Waals surface area contributed by atoms with Crippen molar-refractivity contribution in [1.82, 2.24) is 0 Å². The van der Waals surface area contributed by atoms with Gasteiger partial charge in [0.25, 0.3) is 0 Å². The van der Waals surface area contributed by atoms with Gasteiger partial charge in [0.2, 0.25) is 0 Å². The van der Waals surface area contributed by atoms with Crippen molar-refractivity contribution in [1.29, 1.82) is 0 Å². The highest BCUT2D eigenvalue weighted by molar-refractivity contribution is 5.70. The summed E-state index contributed by atoms with van der Waals surface area (Å²) in [5, 5.41) is 40.0. The van der Waals surface area contributed by atoms with E-state index in [1.807, 2.05) is 0 Å². The number of aliphatic hydroxyl groups is 4. The topological polar surface area (TPSA) is 152 Å². The predicted octanol–water partition coefficient (Wildman–Crippen LogP) is 9.17. The van der Waals surface area contributed by atoms with E-state index in [4.69, 9.17) is 18.9 Å². The fourth-order valence-corrected chi connectivity index (χ4v) is 6.83. The molecule has 0 aromatic rings. The predicted molar refractivity (Wildman–Crippen MR) is 215 cm³/mol. The Kier molecular flexibility index (Phi) is 33.5. The summed E-state index contributed by atoms with van der Waals surface area (Å²) in [5.41, 5.74) is 0. The smallest absolute Gasteiger partial charge is 0.306 e. The first-order valence-electron chi connectivity index (χ1n) is 22.3. The third kappa shape index (κ3) is 27.1. The molecular weight excluding hydrogens is 688 g/mol. The molecule has 1 aliphatic rings. The number of carbonyl (C=O) groups excluding carboxylic acids is 2. The van der Waals surface area contributed by atoms with Crippen LogP contribution in [0.15, 0.2) is 12.2 Å². The lowest BCUT2D eigenvalue weighted by molar-refractivity contribution is -0.305. The van der Waals surface area contributed by atoms with Crippen LogP contribution in [0.1, 0.15) is 200 Å². The third-order valence-corrected chi connectivity index (χ3v) is 10.4. The molecule has 54 heavy (non-hydrogen) atoms. The van der Waals surface area contributed by atoms with Crippen LogP contribution in [-0.4, -0.2) is 89.0 Å². The van der Waals surface area contributed by atoms with Crippen molar-refractivity contribution in [3.63, 3.8) is 0 Å². The van der Waals surface area contributed by atoms with Gasteiger partial charge in [-0.1, -0.05) is 161 Å². The Labute approximate surface area is 329 Å². The van der Waals surface area contributed by atoms with Gasteiger partial charge in [0, 0.05) is 12.8 Å². The van der Waals surface area contributed by atoms with Crippen molar-refractivity contribution >= 4 is 11.9 Å². The molecule has 0 aromatic carbocycles. The molecule has 0 bridgehead atoms. The average Bonchev–Trinajstić information content (AvgIpc) is 3.17. The van der Waals surface area contributed by atoms with Gasteiger partial charge in [-0.25, -0.2) is 0 Å². The minimum Gasteiger partial charge on any atom is -0.462 e. The molecule has 6 atom stereocenters. The molecule has 0 spiro atoms. The lowest BCUT2D eigenvalue weighted by Gasteiger charge is -2.39. The quantitative estimate of drug-likeness (QED) is 0.0273. The standard InChI is InChI=1S/C44H82O10/c1-3-5-7-9-11-13-15-17-18-19-20-21-23-24-26-28-30-32-39(46)51-35-37(36-52-44-43(50)42(49)41(48)38(34-45)54-44)53-40(47)33-31-29-27-25-22-16-14-12-10-8-6-4-2/h12,14,37-38,41-45,48-50H,3-11,13,15-36H2,1-2H3/b14-12+/t37-,38-,41+,42?,43?,44-/m0/s1. The monoisotopic (exact) mass is 771 g/mol. The lowest BCUT2D eigenvalue weighted by Crippen LogP contribution is -2.59. The Hall–Kier alpha value is -1.56. The number of ether oxygens (including phenoxy) is 4. The highest BCUT2D eigenvalue weighted by Crippen LogP contribution is 2.23. The van der Waals surface area contributed by atoms with Crippen LogP contribution in [0.25, 0.3) is 0 Å². The molecule has 10 heteroatoms. The second-order valence-corrected chi connectivity index (χ2v) is 15.5. The molecule has 4 N–H and O–H groups in total. The Bertz CT molecular complexity index is 897. The maximum atomic E-state index is 12.7. The van der Waals surface area contributed by atoms with Gasteiger partial charge >= 0.3 is 11.9 Å². The number of unbranched alkanes of at least 4 members (excludes halogenated alkanes) is 24. The summed E-state index contributed by atoms with van der Waals surface area (Å²) in [4.78, 5) is 25.3. The molecule has 0 saturated carbocycles. The van der Waals surface area contributed by atoms with Crippen LogP contribution in [0.5, 0.6) is 0 Å². The van der Waals surface area contributed by atoms with E-state index in [2.05, 4.69) is 26.0 Å². The first kappa shape index (κ1) is 50.5. The number of allylic oxidation sites excluding steroid dienone is 2. The molecule has 0 amide bonds. The molecule has 0 aliphatic carbocycles. The van der Waals surface area contributed by atoms with Gasteiger partial charge in [0.1, 0.15) is 31.0 Å². The minimum absolute atomic E-state index is 0.215. The van der Waals surface area contributed by atoms with Crippen molar-refractivity contribution in [3.05, 3.63) is 12.2 Å². The zero-order valence-electron chi connectivity index (χ0n) is 34.5. The van der Waals surface area contributed by atoms with Crippen LogP contribution in [-0.2, 0) is 28.5 Å². The van der Waals surface area contributed by atoms with E-state index in [0.29, 0.717) is 6.42 Å². The largest absolute Gasteiger partial charge is 0.462 e. The van der Waals surface area contributed by atoms with Gasteiger partial charge in [0.05, 0.1) is 13.2 Å². The Morgan fingerprint density at radius 3 is 1.48 bits per heavy atom. The molecule has 1 heterocycles. The van der Waals surface area contributed by atoms with Crippen molar-refractivity contribution in [2.75, 3.05) is 19.8 Å². The van der Waals surface area contributed by atoms with E-state index in [9.17, 15) is 30.0 Å². The summed E-state index contributed by atoms with van der Waals surface area (Å²) in [6, 6.07) is 0. The molecule has 1 fully saturated rings. The normalized spacial score (nSPS) is 20.7. The van der Waals surface area contributed by atoms with Crippen LogP contribution in [0, 0.1) is 0 Å². The number of esters is 2. The fraction of sp³-hybridized carbons (Fsp3) is 0.909. The van der Waals surface area contributed by atoms with Gasteiger partial charge in [-0.3, -0.25) is 9.59 Å². The Morgan fingerprint density at radius 2 is 0.981 bits per heavy atom. The van der Waals surface area contributed by atoms with Crippen LogP contribution >= 0.6 is 0 Å². The van der Waals surface area contributed by atoms with Crippen LogP contribution in [0.2, 0.25) is 0 Å². The molecular formula is C44H82O10. The van der Waals surface area contributed by atoms with Gasteiger partial charge in [-0.05, 0) is 38.5 Å². The summed E-state index contributed by atoms with van der Waals surface area (Å²) in [6.45, 7) is 3.40. The first-order chi connectivity index (χ1) is 26.3. The molecule has 10 nitrogen and oxygen atoms in total.